The lowest BCUT2D eigenvalue weighted by Gasteiger charge is -1.96. The summed E-state index contributed by atoms with van der Waals surface area (Å²) in [5.41, 5.74) is 7.05. The molecule has 1 heterocycles. The van der Waals surface area contributed by atoms with E-state index in [2.05, 4.69) is 5.32 Å². The smallest absolute Gasteiger partial charge is 0.258 e. The maximum Gasteiger partial charge on any atom is 0.258 e. The fourth-order valence-electron chi connectivity index (χ4n) is 1.49. The first kappa shape index (κ1) is 9.61. The third-order valence-electron chi connectivity index (χ3n) is 2.21. The molecule has 0 atom stereocenters. The van der Waals surface area contributed by atoms with Crippen molar-refractivity contribution < 1.29 is 9.59 Å². The molecule has 1 aliphatic heterocycles. The molecule has 0 fully saturated rings. The highest BCUT2D eigenvalue weighted by Crippen LogP contribution is 2.17. The molecule has 0 saturated heterocycles. The Morgan fingerprint density at radius 3 is 2.67 bits per heavy atom. The van der Waals surface area contributed by atoms with E-state index in [0.29, 0.717) is 17.7 Å². The van der Waals surface area contributed by atoms with Crippen LogP contribution in [0.25, 0.3) is 6.08 Å². The van der Waals surface area contributed by atoms with Crippen molar-refractivity contribution in [2.24, 2.45) is 5.73 Å². The van der Waals surface area contributed by atoms with Crippen LogP contribution in [0.2, 0.25) is 0 Å². The molecule has 0 bridgehead atoms. The van der Waals surface area contributed by atoms with Crippen LogP contribution in [0.4, 0.5) is 0 Å². The first-order valence-electron chi connectivity index (χ1n) is 4.58. The van der Waals surface area contributed by atoms with Crippen LogP contribution in [0.3, 0.4) is 0 Å². The van der Waals surface area contributed by atoms with Crippen molar-refractivity contribution in [3.63, 3.8) is 0 Å². The van der Waals surface area contributed by atoms with Gasteiger partial charge >= 0.3 is 0 Å². The average Bonchev–Trinajstić information content (AvgIpc) is 2.52. The first-order valence-corrected chi connectivity index (χ1v) is 4.58. The zero-order valence-electron chi connectivity index (χ0n) is 7.99. The zero-order chi connectivity index (χ0) is 10.8. The number of rotatable bonds is 2. The predicted molar refractivity (Wildman–Crippen MR) is 56.3 cm³/mol. The zero-order valence-corrected chi connectivity index (χ0v) is 7.99. The number of hydrogen-bond donors (Lipinski definition) is 2. The van der Waals surface area contributed by atoms with E-state index in [1.54, 1.807) is 24.3 Å². The van der Waals surface area contributed by atoms with E-state index >= 15 is 0 Å². The molecule has 0 radical (unpaired) electrons. The molecule has 1 aliphatic rings. The van der Waals surface area contributed by atoms with E-state index < -0.39 is 0 Å². The molecular formula is C11H10N2O2. The third kappa shape index (κ3) is 1.67. The summed E-state index contributed by atoms with van der Waals surface area (Å²) in [7, 11) is 0. The Balaban J connectivity index is 2.43. The van der Waals surface area contributed by atoms with Crippen molar-refractivity contribution in [2.45, 2.75) is 0 Å². The fourth-order valence-corrected chi connectivity index (χ4v) is 1.49. The van der Waals surface area contributed by atoms with Crippen LogP contribution in [-0.4, -0.2) is 18.4 Å². The lowest BCUT2D eigenvalue weighted by atomic mass is 10.1. The third-order valence-corrected chi connectivity index (χ3v) is 2.21. The van der Waals surface area contributed by atoms with Gasteiger partial charge in [0.2, 0.25) is 0 Å². The van der Waals surface area contributed by atoms with E-state index in [-0.39, 0.29) is 11.8 Å². The van der Waals surface area contributed by atoms with Gasteiger partial charge in [-0.25, -0.2) is 0 Å². The SMILES string of the molecule is NCC=Cc1ccc2c(c1)C(=O)NC2=O. The highest BCUT2D eigenvalue weighted by atomic mass is 16.2. The molecule has 4 heteroatoms. The minimum absolute atomic E-state index is 0.329. The quantitative estimate of drug-likeness (QED) is 0.687. The molecule has 0 saturated carbocycles. The largest absolute Gasteiger partial charge is 0.327 e. The maximum absolute atomic E-state index is 11.3. The van der Waals surface area contributed by atoms with Crippen LogP contribution in [0.15, 0.2) is 24.3 Å². The Bertz CT molecular complexity index is 464. The molecule has 0 unspecified atom stereocenters. The van der Waals surface area contributed by atoms with E-state index in [1.807, 2.05) is 6.08 Å². The second-order valence-corrected chi connectivity index (χ2v) is 3.23. The normalized spacial score (nSPS) is 14.5. The number of imide groups is 1. The van der Waals surface area contributed by atoms with Gasteiger partial charge in [-0.3, -0.25) is 14.9 Å². The van der Waals surface area contributed by atoms with Crippen LogP contribution in [0.1, 0.15) is 26.3 Å². The summed E-state index contributed by atoms with van der Waals surface area (Å²) in [5.74, 6) is -0.664. The van der Waals surface area contributed by atoms with Gasteiger partial charge in [0.15, 0.2) is 0 Å². The van der Waals surface area contributed by atoms with Crippen LogP contribution >= 0.6 is 0 Å². The first-order chi connectivity index (χ1) is 7.22. The van der Waals surface area contributed by atoms with Gasteiger partial charge in [0.1, 0.15) is 0 Å². The molecule has 1 aromatic carbocycles. The molecule has 1 aromatic rings. The minimum Gasteiger partial charge on any atom is -0.327 e. The number of carbonyl (C=O) groups is 2. The molecule has 4 nitrogen and oxygen atoms in total. The topological polar surface area (TPSA) is 72.2 Å². The highest BCUT2D eigenvalue weighted by Gasteiger charge is 2.26. The fraction of sp³-hybridized carbons (Fsp3) is 0.0909. The number of hydrogen-bond acceptors (Lipinski definition) is 3. The Hall–Kier alpha value is -1.94. The van der Waals surface area contributed by atoms with E-state index in [4.69, 9.17) is 5.73 Å². The van der Waals surface area contributed by atoms with Gasteiger partial charge in [0, 0.05) is 6.54 Å². The van der Waals surface area contributed by atoms with Crippen molar-refractivity contribution in [1.82, 2.24) is 5.32 Å². The van der Waals surface area contributed by atoms with Gasteiger partial charge in [-0.2, -0.15) is 0 Å². The van der Waals surface area contributed by atoms with Crippen molar-refractivity contribution in [3.8, 4) is 0 Å². The van der Waals surface area contributed by atoms with Gasteiger partial charge in [0.05, 0.1) is 11.1 Å². The summed E-state index contributed by atoms with van der Waals surface area (Å²) in [6.45, 7) is 0.447. The van der Waals surface area contributed by atoms with Crippen molar-refractivity contribution in [2.75, 3.05) is 6.54 Å². The van der Waals surface area contributed by atoms with Crippen molar-refractivity contribution in [1.29, 1.82) is 0 Å². The number of fused-ring (bicyclic) bond motifs is 1. The number of carbonyl (C=O) groups excluding carboxylic acids is 2. The lowest BCUT2D eigenvalue weighted by Crippen LogP contribution is -2.19. The Kier molecular flexibility index (Phi) is 2.35. The van der Waals surface area contributed by atoms with Gasteiger partial charge in [-0.1, -0.05) is 18.2 Å². The van der Waals surface area contributed by atoms with Gasteiger partial charge in [0.25, 0.3) is 11.8 Å². The predicted octanol–water partition coefficient (Wildman–Crippen LogP) is 0.542. The number of nitrogens with two attached hydrogens (primary N) is 1. The summed E-state index contributed by atoms with van der Waals surface area (Å²) in [6, 6.07) is 5.11. The molecule has 2 rings (SSSR count). The molecular weight excluding hydrogens is 192 g/mol. The average molecular weight is 202 g/mol. The van der Waals surface area contributed by atoms with Crippen LogP contribution in [0, 0.1) is 0 Å². The van der Waals surface area contributed by atoms with E-state index in [0.717, 1.165) is 5.56 Å². The summed E-state index contributed by atoms with van der Waals surface area (Å²) < 4.78 is 0. The van der Waals surface area contributed by atoms with Gasteiger partial charge < -0.3 is 5.73 Å². The monoisotopic (exact) mass is 202 g/mol. The highest BCUT2D eigenvalue weighted by molar-refractivity contribution is 6.21. The Morgan fingerprint density at radius 2 is 1.93 bits per heavy atom. The molecule has 0 aliphatic carbocycles. The van der Waals surface area contributed by atoms with Crippen molar-refractivity contribution >= 4 is 17.9 Å². The summed E-state index contributed by atoms with van der Waals surface area (Å²) >= 11 is 0. The summed E-state index contributed by atoms with van der Waals surface area (Å²) in [6.07, 6.45) is 3.60. The molecule has 15 heavy (non-hydrogen) atoms. The number of amides is 2. The lowest BCUT2D eigenvalue weighted by molar-refractivity contribution is 0.0879. The molecule has 2 amide bonds. The molecule has 0 spiro atoms. The van der Waals surface area contributed by atoms with E-state index in [9.17, 15) is 9.59 Å². The summed E-state index contributed by atoms with van der Waals surface area (Å²) in [5, 5.41) is 2.24. The Morgan fingerprint density at radius 1 is 1.20 bits per heavy atom. The Labute approximate surface area is 86.8 Å². The van der Waals surface area contributed by atoms with Crippen LogP contribution in [0.5, 0.6) is 0 Å². The van der Waals surface area contributed by atoms with Crippen molar-refractivity contribution in [3.05, 3.63) is 41.0 Å². The second kappa shape index (κ2) is 3.67. The number of benzene rings is 1. The van der Waals surface area contributed by atoms with Crippen LogP contribution < -0.4 is 11.1 Å². The molecule has 0 aromatic heterocycles. The number of nitrogens with one attached hydrogen (secondary N) is 1. The van der Waals surface area contributed by atoms with Crippen LogP contribution in [-0.2, 0) is 0 Å². The minimum atomic E-state index is -0.335. The second-order valence-electron chi connectivity index (χ2n) is 3.23. The molecule has 76 valence electrons. The van der Waals surface area contributed by atoms with E-state index in [1.165, 1.54) is 0 Å². The standard InChI is InChI=1S/C11H10N2O2/c12-5-1-2-7-3-4-8-9(6-7)11(15)13-10(8)14/h1-4,6H,5,12H2,(H,13,14,15). The maximum atomic E-state index is 11.3. The van der Waals surface area contributed by atoms with Gasteiger partial charge in [-0.15, -0.1) is 0 Å². The summed E-state index contributed by atoms with van der Waals surface area (Å²) in [4.78, 5) is 22.6. The van der Waals surface area contributed by atoms with Gasteiger partial charge in [-0.05, 0) is 17.7 Å². The molecule has 3 N–H and O–H groups in total.